The summed E-state index contributed by atoms with van der Waals surface area (Å²) in [6.45, 7) is 3.77. The largest absolute Gasteiger partial charge is 0.505 e. The van der Waals surface area contributed by atoms with Gasteiger partial charge < -0.3 is 9.84 Å². The summed E-state index contributed by atoms with van der Waals surface area (Å²) < 4.78 is 17.7. The number of rotatable bonds is 3. The maximum Gasteiger partial charge on any atom is 0.168 e. The Morgan fingerprint density at radius 1 is 1.58 bits per heavy atom. The first-order chi connectivity index (χ1) is 5.74. The third-order valence-electron chi connectivity index (χ3n) is 1.29. The van der Waals surface area contributed by atoms with Crippen LogP contribution in [0.15, 0.2) is 30.9 Å². The normalized spacial score (nSPS) is 9.42. The summed E-state index contributed by atoms with van der Waals surface area (Å²) >= 11 is 0. The van der Waals surface area contributed by atoms with Crippen LogP contribution in [0.25, 0.3) is 0 Å². The van der Waals surface area contributed by atoms with Gasteiger partial charge in [0.2, 0.25) is 0 Å². The number of hydrogen-bond donors (Lipinski definition) is 1. The van der Waals surface area contributed by atoms with Crippen LogP contribution >= 0.6 is 0 Å². The van der Waals surface area contributed by atoms with Crippen molar-refractivity contribution in [2.45, 2.75) is 0 Å². The van der Waals surface area contributed by atoms with Gasteiger partial charge in [-0.25, -0.2) is 4.39 Å². The lowest BCUT2D eigenvalue weighted by molar-refractivity contribution is 0.357. The molecule has 0 saturated carbocycles. The van der Waals surface area contributed by atoms with Gasteiger partial charge in [0.15, 0.2) is 11.6 Å². The van der Waals surface area contributed by atoms with Crippen molar-refractivity contribution in [2.24, 2.45) is 0 Å². The Morgan fingerprint density at radius 2 is 2.33 bits per heavy atom. The van der Waals surface area contributed by atoms with E-state index in [-0.39, 0.29) is 5.75 Å². The molecule has 0 spiro atoms. The van der Waals surface area contributed by atoms with E-state index in [1.54, 1.807) is 6.08 Å². The molecule has 0 fully saturated rings. The number of benzene rings is 1. The summed E-state index contributed by atoms with van der Waals surface area (Å²) in [6, 6.07) is 3.86. The Morgan fingerprint density at radius 3 is 2.92 bits per heavy atom. The van der Waals surface area contributed by atoms with Gasteiger partial charge in [-0.1, -0.05) is 12.7 Å². The Hall–Kier alpha value is -1.51. The summed E-state index contributed by atoms with van der Waals surface area (Å²) in [7, 11) is 0. The molecule has 1 aromatic rings. The van der Waals surface area contributed by atoms with Crippen molar-refractivity contribution in [1.29, 1.82) is 0 Å². The van der Waals surface area contributed by atoms with Crippen LogP contribution in [-0.4, -0.2) is 11.7 Å². The van der Waals surface area contributed by atoms with E-state index in [1.807, 2.05) is 0 Å². The lowest BCUT2D eigenvalue weighted by atomic mass is 10.3. The molecule has 0 amide bonds. The third kappa shape index (κ3) is 1.99. The first-order valence-corrected chi connectivity index (χ1v) is 3.46. The van der Waals surface area contributed by atoms with Crippen LogP contribution in [0.2, 0.25) is 0 Å². The molecule has 0 bridgehead atoms. The molecule has 0 heterocycles. The van der Waals surface area contributed by atoms with E-state index >= 15 is 0 Å². The Balaban J connectivity index is 2.75. The van der Waals surface area contributed by atoms with Crippen molar-refractivity contribution in [3.8, 4) is 11.5 Å². The number of aromatic hydroxyl groups is 1. The van der Waals surface area contributed by atoms with Crippen LogP contribution in [0, 0.1) is 5.82 Å². The van der Waals surface area contributed by atoms with Gasteiger partial charge in [0.1, 0.15) is 12.4 Å². The fourth-order valence-electron chi connectivity index (χ4n) is 0.733. The fourth-order valence-corrected chi connectivity index (χ4v) is 0.733. The van der Waals surface area contributed by atoms with Crippen LogP contribution < -0.4 is 4.74 Å². The zero-order chi connectivity index (χ0) is 8.97. The highest BCUT2D eigenvalue weighted by atomic mass is 19.1. The van der Waals surface area contributed by atoms with Gasteiger partial charge >= 0.3 is 0 Å². The summed E-state index contributed by atoms with van der Waals surface area (Å²) in [5, 5.41) is 8.82. The minimum Gasteiger partial charge on any atom is -0.505 e. The van der Waals surface area contributed by atoms with Crippen LogP contribution in [0.4, 0.5) is 4.39 Å². The maximum absolute atomic E-state index is 12.7. The van der Waals surface area contributed by atoms with E-state index in [4.69, 9.17) is 9.84 Å². The zero-order valence-corrected chi connectivity index (χ0v) is 6.46. The molecule has 12 heavy (non-hydrogen) atoms. The average Bonchev–Trinajstić information content (AvgIpc) is 2.07. The second-order valence-electron chi connectivity index (χ2n) is 2.21. The van der Waals surface area contributed by atoms with Gasteiger partial charge in [0, 0.05) is 6.07 Å². The number of halogens is 1. The molecular weight excluding hydrogens is 159 g/mol. The van der Waals surface area contributed by atoms with Gasteiger partial charge in [-0.15, -0.1) is 0 Å². The molecule has 1 aromatic carbocycles. The quantitative estimate of drug-likeness (QED) is 0.700. The molecule has 0 aliphatic rings. The summed E-state index contributed by atoms with van der Waals surface area (Å²) in [6.07, 6.45) is 1.56. The molecule has 1 rings (SSSR count). The van der Waals surface area contributed by atoms with Gasteiger partial charge in [0.25, 0.3) is 0 Å². The van der Waals surface area contributed by atoms with Crippen molar-refractivity contribution in [1.82, 2.24) is 0 Å². The third-order valence-corrected chi connectivity index (χ3v) is 1.29. The van der Waals surface area contributed by atoms with Crippen LogP contribution in [0.5, 0.6) is 11.5 Å². The van der Waals surface area contributed by atoms with Crippen molar-refractivity contribution in [2.75, 3.05) is 6.61 Å². The molecule has 2 nitrogen and oxygen atoms in total. The predicted molar refractivity (Wildman–Crippen MR) is 43.8 cm³/mol. The van der Waals surface area contributed by atoms with E-state index in [0.29, 0.717) is 12.4 Å². The summed E-state index contributed by atoms with van der Waals surface area (Å²) in [5.41, 5.74) is 0. The second-order valence-corrected chi connectivity index (χ2v) is 2.21. The van der Waals surface area contributed by atoms with Crippen molar-refractivity contribution >= 4 is 0 Å². The number of ether oxygens (including phenoxy) is 1. The molecule has 0 aliphatic heterocycles. The van der Waals surface area contributed by atoms with E-state index in [2.05, 4.69) is 6.58 Å². The molecule has 0 aromatic heterocycles. The number of hydrogen-bond acceptors (Lipinski definition) is 2. The van der Waals surface area contributed by atoms with Crippen LogP contribution in [0.3, 0.4) is 0 Å². The maximum atomic E-state index is 12.7. The van der Waals surface area contributed by atoms with Crippen LogP contribution in [0.1, 0.15) is 0 Å². The highest BCUT2D eigenvalue weighted by Gasteiger charge is 2.00. The molecule has 0 atom stereocenters. The molecule has 0 saturated heterocycles. The van der Waals surface area contributed by atoms with Gasteiger partial charge in [-0.05, 0) is 12.1 Å². The van der Waals surface area contributed by atoms with Gasteiger partial charge in [0.05, 0.1) is 0 Å². The molecule has 0 unspecified atom stereocenters. The molecule has 64 valence electrons. The molecule has 0 radical (unpaired) electrons. The molecular formula is C9H9FO2. The highest BCUT2D eigenvalue weighted by molar-refractivity contribution is 5.31. The SMILES string of the molecule is C=CCOc1ccc(O)c(F)c1. The monoisotopic (exact) mass is 168 g/mol. The fraction of sp³-hybridized carbons (Fsp3) is 0.111. The van der Waals surface area contributed by atoms with Crippen molar-refractivity contribution in [3.63, 3.8) is 0 Å². The van der Waals surface area contributed by atoms with E-state index in [1.165, 1.54) is 12.1 Å². The predicted octanol–water partition coefficient (Wildman–Crippen LogP) is 2.10. The van der Waals surface area contributed by atoms with Gasteiger partial charge in [-0.3, -0.25) is 0 Å². The van der Waals surface area contributed by atoms with E-state index in [0.717, 1.165) is 6.07 Å². The standard InChI is InChI=1S/C9H9FO2/c1-2-5-12-7-3-4-9(11)8(10)6-7/h2-4,6,11H,1,5H2. The molecule has 0 aliphatic carbocycles. The van der Waals surface area contributed by atoms with Gasteiger partial charge in [-0.2, -0.15) is 0 Å². The number of phenols is 1. The first-order valence-electron chi connectivity index (χ1n) is 3.46. The minimum atomic E-state index is -0.684. The van der Waals surface area contributed by atoms with Crippen molar-refractivity contribution in [3.05, 3.63) is 36.7 Å². The number of phenolic OH excluding ortho intramolecular Hbond substituents is 1. The highest BCUT2D eigenvalue weighted by Crippen LogP contribution is 2.20. The Labute approximate surface area is 69.9 Å². The molecule has 1 N–H and O–H groups in total. The topological polar surface area (TPSA) is 29.5 Å². The van der Waals surface area contributed by atoms with Crippen LogP contribution in [-0.2, 0) is 0 Å². The minimum absolute atomic E-state index is 0.324. The first kappa shape index (κ1) is 8.59. The second kappa shape index (κ2) is 3.76. The average molecular weight is 168 g/mol. The van der Waals surface area contributed by atoms with Crippen molar-refractivity contribution < 1.29 is 14.2 Å². The summed E-state index contributed by atoms with van der Waals surface area (Å²) in [5.74, 6) is -0.678. The lowest BCUT2D eigenvalue weighted by Gasteiger charge is -2.02. The zero-order valence-electron chi connectivity index (χ0n) is 6.46. The van der Waals surface area contributed by atoms with E-state index < -0.39 is 5.82 Å². The lowest BCUT2D eigenvalue weighted by Crippen LogP contribution is -1.92. The van der Waals surface area contributed by atoms with E-state index in [9.17, 15) is 4.39 Å². The molecule has 3 heteroatoms. The Kier molecular flexibility index (Phi) is 2.69. The smallest absolute Gasteiger partial charge is 0.168 e. The Bertz CT molecular complexity index is 284. The summed E-state index contributed by atoms with van der Waals surface area (Å²) in [4.78, 5) is 0.